The maximum absolute atomic E-state index is 5.46. The van der Waals surface area contributed by atoms with Gasteiger partial charge in [-0.3, -0.25) is 11.3 Å². The monoisotopic (exact) mass is 249 g/mol. The molecule has 1 aromatic carbocycles. The number of nitrogens with zero attached hydrogens (tertiary/aromatic N) is 1. The van der Waals surface area contributed by atoms with Crippen molar-refractivity contribution in [3.05, 3.63) is 29.8 Å². The largest absolute Gasteiger partial charge is 0.497 e. The van der Waals surface area contributed by atoms with Gasteiger partial charge in [0.25, 0.3) is 0 Å². The maximum atomic E-state index is 5.46. The fourth-order valence-electron chi connectivity index (χ4n) is 2.40. The molecular formula is C14H23N3O. The van der Waals surface area contributed by atoms with Gasteiger partial charge >= 0.3 is 0 Å². The molecule has 18 heavy (non-hydrogen) atoms. The lowest BCUT2D eigenvalue weighted by atomic mass is 10.0. The number of benzene rings is 1. The smallest absolute Gasteiger partial charge is 0.118 e. The molecule has 1 aromatic rings. The Bertz CT molecular complexity index is 345. The lowest BCUT2D eigenvalue weighted by Gasteiger charge is -2.31. The molecule has 3 N–H and O–H groups in total. The second-order valence-electron chi connectivity index (χ2n) is 4.88. The Morgan fingerprint density at radius 3 is 2.50 bits per heavy atom. The Morgan fingerprint density at radius 1 is 1.28 bits per heavy atom. The minimum Gasteiger partial charge on any atom is -0.497 e. The van der Waals surface area contributed by atoms with E-state index in [9.17, 15) is 0 Å². The third-order valence-electron chi connectivity index (χ3n) is 3.70. The molecule has 1 aliphatic heterocycles. The second-order valence-corrected chi connectivity index (χ2v) is 4.88. The van der Waals surface area contributed by atoms with E-state index in [2.05, 4.69) is 22.5 Å². The summed E-state index contributed by atoms with van der Waals surface area (Å²) < 4.78 is 5.16. The number of hydrogen-bond acceptors (Lipinski definition) is 4. The molecule has 0 aromatic heterocycles. The Balaban J connectivity index is 1.74. The summed E-state index contributed by atoms with van der Waals surface area (Å²) in [6.07, 6.45) is 3.41. The van der Waals surface area contributed by atoms with E-state index in [-0.39, 0.29) is 0 Å². The predicted molar refractivity (Wildman–Crippen MR) is 73.5 cm³/mol. The van der Waals surface area contributed by atoms with Crippen LogP contribution in [0.25, 0.3) is 0 Å². The van der Waals surface area contributed by atoms with Crippen LogP contribution in [0.2, 0.25) is 0 Å². The molecule has 0 radical (unpaired) electrons. The van der Waals surface area contributed by atoms with Crippen molar-refractivity contribution in [2.75, 3.05) is 26.7 Å². The summed E-state index contributed by atoms with van der Waals surface area (Å²) in [5, 5.41) is 0. The summed E-state index contributed by atoms with van der Waals surface area (Å²) in [7, 11) is 1.70. The number of piperidine rings is 1. The van der Waals surface area contributed by atoms with Gasteiger partial charge in [-0.25, -0.2) is 0 Å². The van der Waals surface area contributed by atoms with Crippen molar-refractivity contribution in [2.24, 2.45) is 5.84 Å². The topological polar surface area (TPSA) is 50.5 Å². The SMILES string of the molecule is COc1ccc(CCN2CCC(NN)CC2)cc1. The van der Waals surface area contributed by atoms with E-state index in [1.807, 2.05) is 12.1 Å². The average Bonchev–Trinajstić information content (AvgIpc) is 2.46. The van der Waals surface area contributed by atoms with Crippen LogP contribution in [0, 0.1) is 0 Å². The number of likely N-dealkylation sites (tertiary alicyclic amines) is 1. The predicted octanol–water partition coefficient (Wildman–Crippen LogP) is 1.17. The van der Waals surface area contributed by atoms with Crippen molar-refractivity contribution >= 4 is 0 Å². The fraction of sp³-hybridized carbons (Fsp3) is 0.571. The van der Waals surface area contributed by atoms with Crippen LogP contribution in [-0.2, 0) is 6.42 Å². The quantitative estimate of drug-likeness (QED) is 0.607. The van der Waals surface area contributed by atoms with Crippen molar-refractivity contribution < 1.29 is 4.74 Å². The minimum absolute atomic E-state index is 0.502. The average molecular weight is 249 g/mol. The van der Waals surface area contributed by atoms with Gasteiger partial charge in [0.15, 0.2) is 0 Å². The Morgan fingerprint density at radius 2 is 1.94 bits per heavy atom. The third-order valence-corrected chi connectivity index (χ3v) is 3.70. The maximum Gasteiger partial charge on any atom is 0.118 e. The summed E-state index contributed by atoms with van der Waals surface area (Å²) in [6.45, 7) is 3.42. The summed E-state index contributed by atoms with van der Waals surface area (Å²) in [6, 6.07) is 8.85. The van der Waals surface area contributed by atoms with Crippen molar-refractivity contribution in [3.8, 4) is 5.75 Å². The van der Waals surface area contributed by atoms with E-state index in [1.165, 1.54) is 5.56 Å². The zero-order chi connectivity index (χ0) is 12.8. The molecule has 4 nitrogen and oxygen atoms in total. The number of rotatable bonds is 5. The molecule has 0 atom stereocenters. The van der Waals surface area contributed by atoms with Crippen LogP contribution in [-0.4, -0.2) is 37.7 Å². The summed E-state index contributed by atoms with van der Waals surface area (Å²) in [5.41, 5.74) is 4.24. The number of hydrogen-bond donors (Lipinski definition) is 2. The highest BCUT2D eigenvalue weighted by Gasteiger charge is 2.17. The molecule has 100 valence electrons. The lowest BCUT2D eigenvalue weighted by Crippen LogP contribution is -2.45. The van der Waals surface area contributed by atoms with Crippen LogP contribution in [0.3, 0.4) is 0 Å². The van der Waals surface area contributed by atoms with Gasteiger partial charge in [0, 0.05) is 12.6 Å². The zero-order valence-electron chi connectivity index (χ0n) is 11.1. The first-order valence-electron chi connectivity index (χ1n) is 6.63. The first kappa shape index (κ1) is 13.3. The normalized spacial score (nSPS) is 17.9. The minimum atomic E-state index is 0.502. The molecule has 1 heterocycles. The lowest BCUT2D eigenvalue weighted by molar-refractivity contribution is 0.200. The summed E-state index contributed by atoms with van der Waals surface area (Å²) in [4.78, 5) is 2.51. The molecule has 0 bridgehead atoms. The summed E-state index contributed by atoms with van der Waals surface area (Å²) in [5.74, 6) is 6.39. The van der Waals surface area contributed by atoms with Crippen LogP contribution >= 0.6 is 0 Å². The van der Waals surface area contributed by atoms with Gasteiger partial charge in [-0.1, -0.05) is 12.1 Å². The summed E-state index contributed by atoms with van der Waals surface area (Å²) >= 11 is 0. The molecule has 1 saturated heterocycles. The van der Waals surface area contributed by atoms with Crippen molar-refractivity contribution in [1.82, 2.24) is 10.3 Å². The molecule has 4 heteroatoms. The van der Waals surface area contributed by atoms with Crippen molar-refractivity contribution in [3.63, 3.8) is 0 Å². The van der Waals surface area contributed by atoms with Gasteiger partial charge in [0.05, 0.1) is 7.11 Å². The van der Waals surface area contributed by atoms with Gasteiger partial charge in [0.1, 0.15) is 5.75 Å². The van der Waals surface area contributed by atoms with E-state index in [4.69, 9.17) is 10.6 Å². The Kier molecular flexibility index (Phi) is 4.99. The second kappa shape index (κ2) is 6.73. The highest BCUT2D eigenvalue weighted by molar-refractivity contribution is 5.27. The molecule has 0 amide bonds. The molecule has 1 fully saturated rings. The standard InChI is InChI=1S/C14H23N3O/c1-18-14-4-2-12(3-5-14)6-9-17-10-7-13(16-15)8-11-17/h2-5,13,16H,6-11,15H2,1H3. The fourth-order valence-corrected chi connectivity index (χ4v) is 2.40. The number of nitrogens with one attached hydrogen (secondary N) is 1. The van der Waals surface area contributed by atoms with Crippen molar-refractivity contribution in [2.45, 2.75) is 25.3 Å². The number of ether oxygens (including phenoxy) is 1. The van der Waals surface area contributed by atoms with E-state index >= 15 is 0 Å². The first-order valence-corrected chi connectivity index (χ1v) is 6.63. The van der Waals surface area contributed by atoms with Gasteiger partial charge in [-0.15, -0.1) is 0 Å². The molecule has 1 aliphatic rings. The van der Waals surface area contributed by atoms with Gasteiger partial charge < -0.3 is 9.64 Å². The van der Waals surface area contributed by atoms with Gasteiger partial charge in [0.2, 0.25) is 0 Å². The van der Waals surface area contributed by atoms with Crippen LogP contribution in [0.4, 0.5) is 0 Å². The first-order chi connectivity index (χ1) is 8.81. The van der Waals surface area contributed by atoms with Crippen molar-refractivity contribution in [1.29, 1.82) is 0 Å². The van der Waals surface area contributed by atoms with E-state index < -0.39 is 0 Å². The molecule has 0 unspecified atom stereocenters. The molecule has 2 rings (SSSR count). The number of nitrogens with two attached hydrogens (primary N) is 1. The van der Waals surface area contributed by atoms with E-state index in [1.54, 1.807) is 7.11 Å². The Hall–Kier alpha value is -1.10. The zero-order valence-corrected chi connectivity index (χ0v) is 11.1. The van der Waals surface area contributed by atoms with E-state index in [0.717, 1.165) is 44.6 Å². The van der Waals surface area contributed by atoms with Crippen LogP contribution < -0.4 is 16.0 Å². The highest BCUT2D eigenvalue weighted by Crippen LogP contribution is 2.14. The molecule has 0 aliphatic carbocycles. The van der Waals surface area contributed by atoms with Crippen LogP contribution in [0.5, 0.6) is 5.75 Å². The number of hydrazine groups is 1. The highest BCUT2D eigenvalue weighted by atomic mass is 16.5. The van der Waals surface area contributed by atoms with Crippen LogP contribution in [0.15, 0.2) is 24.3 Å². The van der Waals surface area contributed by atoms with E-state index in [0.29, 0.717) is 6.04 Å². The number of methoxy groups -OCH3 is 1. The third kappa shape index (κ3) is 3.70. The molecule has 0 spiro atoms. The Labute approximate surface area is 109 Å². The van der Waals surface area contributed by atoms with Crippen LogP contribution in [0.1, 0.15) is 18.4 Å². The van der Waals surface area contributed by atoms with Gasteiger partial charge in [-0.05, 0) is 50.0 Å². The molecular weight excluding hydrogens is 226 g/mol. The molecule has 0 saturated carbocycles. The van der Waals surface area contributed by atoms with Gasteiger partial charge in [-0.2, -0.15) is 0 Å².